The predicted molar refractivity (Wildman–Crippen MR) is 97.0 cm³/mol. The summed E-state index contributed by atoms with van der Waals surface area (Å²) in [4.78, 5) is 23.4. The van der Waals surface area contributed by atoms with Crippen LogP contribution >= 0.6 is 0 Å². The molecule has 0 bridgehead atoms. The highest BCUT2D eigenvalue weighted by Crippen LogP contribution is 2.47. The molecule has 1 fully saturated rings. The molecule has 0 spiro atoms. The van der Waals surface area contributed by atoms with Gasteiger partial charge in [0, 0.05) is 30.1 Å². The van der Waals surface area contributed by atoms with E-state index in [1.165, 1.54) is 12.5 Å². The van der Waals surface area contributed by atoms with Crippen LogP contribution in [0, 0.1) is 0 Å². The third kappa shape index (κ3) is 3.99. The molecule has 0 radical (unpaired) electrons. The van der Waals surface area contributed by atoms with Gasteiger partial charge in [0.25, 0.3) is 5.91 Å². The van der Waals surface area contributed by atoms with Crippen LogP contribution in [0.2, 0.25) is 0 Å². The highest BCUT2D eigenvalue weighted by Gasteiger charge is 2.44. The van der Waals surface area contributed by atoms with Crippen molar-refractivity contribution >= 4 is 17.5 Å². The lowest BCUT2D eigenvalue weighted by Gasteiger charge is -2.17. The number of benzene rings is 2. The molecule has 2 aromatic rings. The van der Waals surface area contributed by atoms with Gasteiger partial charge in [0.15, 0.2) is 0 Å². The molecule has 1 aliphatic rings. The molecule has 2 aromatic carbocycles. The second-order valence-electron chi connectivity index (χ2n) is 6.45. The van der Waals surface area contributed by atoms with Crippen LogP contribution in [-0.2, 0) is 10.2 Å². The van der Waals surface area contributed by atoms with Gasteiger partial charge in [-0.2, -0.15) is 0 Å². The molecular weight excluding hydrogens is 316 g/mol. The molecule has 0 atom stereocenters. The molecule has 25 heavy (non-hydrogen) atoms. The Morgan fingerprint density at radius 2 is 1.68 bits per heavy atom. The van der Waals surface area contributed by atoms with E-state index in [0.717, 1.165) is 18.6 Å². The molecule has 5 nitrogen and oxygen atoms in total. The van der Waals surface area contributed by atoms with E-state index in [0.29, 0.717) is 17.8 Å². The predicted octanol–water partition coefficient (Wildman–Crippen LogP) is 3.12. The van der Waals surface area contributed by atoms with Gasteiger partial charge in [-0.1, -0.05) is 12.1 Å². The Labute approximate surface area is 147 Å². The quantitative estimate of drug-likeness (QED) is 0.850. The van der Waals surface area contributed by atoms with Crippen LogP contribution < -0.4 is 15.4 Å². The van der Waals surface area contributed by atoms with Gasteiger partial charge in [-0.3, -0.25) is 9.59 Å². The van der Waals surface area contributed by atoms with Crippen LogP contribution in [-0.4, -0.2) is 25.5 Å². The zero-order valence-corrected chi connectivity index (χ0v) is 14.5. The highest BCUT2D eigenvalue weighted by atomic mass is 16.5. The van der Waals surface area contributed by atoms with E-state index in [-0.39, 0.29) is 17.2 Å². The van der Waals surface area contributed by atoms with E-state index in [2.05, 4.69) is 22.8 Å². The largest absolute Gasteiger partial charge is 0.497 e. The van der Waals surface area contributed by atoms with Crippen LogP contribution in [0.1, 0.15) is 35.7 Å². The number of carbonyl (C=O) groups excluding carboxylic acids is 2. The average Bonchev–Trinajstić information content (AvgIpc) is 3.41. The number of anilines is 1. The minimum Gasteiger partial charge on any atom is -0.497 e. The van der Waals surface area contributed by atoms with Crippen molar-refractivity contribution in [3.63, 3.8) is 0 Å². The van der Waals surface area contributed by atoms with Crippen molar-refractivity contribution in [2.24, 2.45) is 0 Å². The smallest absolute Gasteiger partial charge is 0.251 e. The molecule has 1 aliphatic carbocycles. The fourth-order valence-electron chi connectivity index (χ4n) is 2.92. The van der Waals surface area contributed by atoms with Crippen molar-refractivity contribution in [1.29, 1.82) is 0 Å². The summed E-state index contributed by atoms with van der Waals surface area (Å²) in [5.41, 5.74) is 2.54. The van der Waals surface area contributed by atoms with Crippen LogP contribution in [0.5, 0.6) is 5.75 Å². The summed E-state index contributed by atoms with van der Waals surface area (Å²) >= 11 is 0. The number of methoxy groups -OCH3 is 1. The third-order valence-electron chi connectivity index (χ3n) is 4.61. The summed E-state index contributed by atoms with van der Waals surface area (Å²) in [5.74, 6) is 0.601. The van der Waals surface area contributed by atoms with Crippen molar-refractivity contribution in [1.82, 2.24) is 5.32 Å². The number of hydrogen-bond acceptors (Lipinski definition) is 3. The number of nitrogens with one attached hydrogen (secondary N) is 2. The molecule has 0 saturated heterocycles. The van der Waals surface area contributed by atoms with Gasteiger partial charge in [-0.15, -0.1) is 0 Å². The molecule has 3 rings (SSSR count). The number of carbonyl (C=O) groups is 2. The van der Waals surface area contributed by atoms with Crippen LogP contribution in [0.15, 0.2) is 48.5 Å². The Hall–Kier alpha value is -2.82. The van der Waals surface area contributed by atoms with Gasteiger partial charge in [0.1, 0.15) is 5.75 Å². The van der Waals surface area contributed by atoms with E-state index in [1.807, 2.05) is 12.1 Å². The summed E-state index contributed by atoms with van der Waals surface area (Å²) in [5, 5.41) is 5.72. The molecular formula is C20H22N2O3. The zero-order chi connectivity index (χ0) is 17.9. The molecule has 0 aromatic heterocycles. The van der Waals surface area contributed by atoms with Crippen molar-refractivity contribution in [3.05, 3.63) is 59.7 Å². The zero-order valence-electron chi connectivity index (χ0n) is 14.5. The molecule has 0 unspecified atom stereocenters. The molecule has 0 heterocycles. The van der Waals surface area contributed by atoms with Gasteiger partial charge in [-0.25, -0.2) is 0 Å². The summed E-state index contributed by atoms with van der Waals surface area (Å²) in [6, 6.07) is 14.9. The number of ether oxygens (including phenoxy) is 1. The first-order valence-corrected chi connectivity index (χ1v) is 8.33. The van der Waals surface area contributed by atoms with E-state index >= 15 is 0 Å². The minimum absolute atomic E-state index is 0.0397. The van der Waals surface area contributed by atoms with E-state index < -0.39 is 0 Å². The monoisotopic (exact) mass is 338 g/mol. The lowest BCUT2D eigenvalue weighted by Crippen LogP contribution is -2.32. The first-order chi connectivity index (χ1) is 12.0. The topological polar surface area (TPSA) is 67.4 Å². The van der Waals surface area contributed by atoms with Gasteiger partial charge >= 0.3 is 0 Å². The van der Waals surface area contributed by atoms with Gasteiger partial charge in [0.05, 0.1) is 7.11 Å². The van der Waals surface area contributed by atoms with Crippen molar-refractivity contribution in [3.8, 4) is 5.75 Å². The van der Waals surface area contributed by atoms with E-state index in [1.54, 1.807) is 31.4 Å². The SMILES string of the molecule is COc1ccc(C2(CNC(=O)c3ccc(NC(C)=O)cc3)CC2)cc1. The summed E-state index contributed by atoms with van der Waals surface area (Å²) in [6.07, 6.45) is 2.14. The highest BCUT2D eigenvalue weighted by molar-refractivity contribution is 5.95. The summed E-state index contributed by atoms with van der Waals surface area (Å²) in [7, 11) is 1.65. The molecule has 2 amide bonds. The number of rotatable bonds is 6. The third-order valence-corrected chi connectivity index (χ3v) is 4.61. The van der Waals surface area contributed by atoms with Crippen LogP contribution in [0.25, 0.3) is 0 Å². The lowest BCUT2D eigenvalue weighted by atomic mass is 9.95. The Kier molecular flexibility index (Phi) is 4.74. The standard InChI is InChI=1S/C20H22N2O3/c1-14(23)22-17-7-3-15(4-8-17)19(24)21-13-20(11-12-20)16-5-9-18(25-2)10-6-16/h3-10H,11-13H2,1-2H3,(H,21,24)(H,22,23). The van der Waals surface area contributed by atoms with E-state index in [4.69, 9.17) is 4.74 Å². The maximum Gasteiger partial charge on any atom is 0.251 e. The summed E-state index contributed by atoms with van der Waals surface area (Å²) in [6.45, 7) is 2.07. The minimum atomic E-state index is -0.132. The maximum absolute atomic E-state index is 12.4. The van der Waals surface area contributed by atoms with E-state index in [9.17, 15) is 9.59 Å². The van der Waals surface area contributed by atoms with Crippen LogP contribution in [0.4, 0.5) is 5.69 Å². The molecule has 1 saturated carbocycles. The number of hydrogen-bond donors (Lipinski definition) is 2. The molecule has 2 N–H and O–H groups in total. The molecule has 130 valence electrons. The van der Waals surface area contributed by atoms with Gasteiger partial charge in [-0.05, 0) is 54.8 Å². The molecule has 0 aliphatic heterocycles. The van der Waals surface area contributed by atoms with Gasteiger partial charge < -0.3 is 15.4 Å². The Balaban J connectivity index is 1.60. The Morgan fingerprint density at radius 1 is 1.04 bits per heavy atom. The average molecular weight is 338 g/mol. The second-order valence-corrected chi connectivity index (χ2v) is 6.45. The second kappa shape index (κ2) is 6.97. The van der Waals surface area contributed by atoms with Gasteiger partial charge in [0.2, 0.25) is 5.91 Å². The maximum atomic E-state index is 12.4. The first kappa shape index (κ1) is 17.0. The Bertz CT molecular complexity index is 763. The lowest BCUT2D eigenvalue weighted by molar-refractivity contribution is -0.114. The Morgan fingerprint density at radius 3 is 2.20 bits per heavy atom. The van der Waals surface area contributed by atoms with Crippen molar-refractivity contribution < 1.29 is 14.3 Å². The van der Waals surface area contributed by atoms with Crippen molar-refractivity contribution in [2.45, 2.75) is 25.2 Å². The molecule has 5 heteroatoms. The fraction of sp³-hybridized carbons (Fsp3) is 0.300. The summed E-state index contributed by atoms with van der Waals surface area (Å²) < 4.78 is 5.20. The van der Waals surface area contributed by atoms with Crippen LogP contribution in [0.3, 0.4) is 0 Å². The fourth-order valence-corrected chi connectivity index (χ4v) is 2.92. The first-order valence-electron chi connectivity index (χ1n) is 8.33. The van der Waals surface area contributed by atoms with Crippen molar-refractivity contribution in [2.75, 3.05) is 19.0 Å². The normalized spacial score (nSPS) is 14.5. The number of amides is 2.